The number of aryl methyl sites for hydroxylation is 2. The van der Waals surface area contributed by atoms with Crippen molar-refractivity contribution in [2.75, 3.05) is 6.54 Å². The zero-order chi connectivity index (χ0) is 29.0. The van der Waals surface area contributed by atoms with Crippen LogP contribution in [0.25, 0.3) is 11.4 Å². The van der Waals surface area contributed by atoms with E-state index in [9.17, 15) is 4.79 Å². The molecule has 1 aromatic carbocycles. The van der Waals surface area contributed by atoms with E-state index >= 15 is 0 Å². The van der Waals surface area contributed by atoms with Gasteiger partial charge in [-0.15, -0.1) is 0 Å². The summed E-state index contributed by atoms with van der Waals surface area (Å²) in [4.78, 5) is 21.1. The molecule has 4 rings (SSSR count). The molecule has 1 heterocycles. The molecule has 2 atom stereocenters. The number of fused-ring (bicyclic) bond motifs is 1. The number of imidazole rings is 1. The maximum Gasteiger partial charge on any atom is 0.223 e. The third kappa shape index (κ3) is 8.60. The zero-order valence-electron chi connectivity index (χ0n) is 25.0. The smallest absolute Gasteiger partial charge is 0.223 e. The molecule has 216 valence electrons. The summed E-state index contributed by atoms with van der Waals surface area (Å²) >= 11 is 0. The lowest BCUT2D eigenvalue weighted by atomic mass is 9.89. The Bertz CT molecular complexity index is 1340. The number of hydrogen-bond acceptors (Lipinski definition) is 3. The Morgan fingerprint density at radius 1 is 1.17 bits per heavy atom. The minimum absolute atomic E-state index is 0.0564. The van der Waals surface area contributed by atoms with Crippen LogP contribution in [-0.2, 0) is 17.6 Å². The van der Waals surface area contributed by atoms with Gasteiger partial charge in [-0.25, -0.2) is 4.98 Å². The number of allylic oxidation sites excluding steroid dienone is 5. The Balaban J connectivity index is 1.29. The van der Waals surface area contributed by atoms with Gasteiger partial charge in [0.1, 0.15) is 5.82 Å². The van der Waals surface area contributed by atoms with Crippen LogP contribution >= 0.6 is 0 Å². The second-order valence-electron chi connectivity index (χ2n) is 11.2. The van der Waals surface area contributed by atoms with Crippen LogP contribution in [0.4, 0.5) is 0 Å². The minimum Gasteiger partial charge on any atom is -0.389 e. The van der Waals surface area contributed by atoms with Gasteiger partial charge >= 0.3 is 0 Å². The van der Waals surface area contributed by atoms with Crippen LogP contribution in [-0.4, -0.2) is 28.5 Å². The predicted octanol–water partition coefficient (Wildman–Crippen LogP) is 7.33. The Morgan fingerprint density at radius 2 is 2.05 bits per heavy atom. The van der Waals surface area contributed by atoms with E-state index in [1.165, 1.54) is 16.7 Å². The molecule has 41 heavy (non-hydrogen) atoms. The van der Waals surface area contributed by atoms with E-state index in [0.717, 1.165) is 99.0 Å². The summed E-state index contributed by atoms with van der Waals surface area (Å²) in [6.07, 6.45) is 20.7. The number of carbonyl (C=O) groups excluding carboxylic acids is 1. The van der Waals surface area contributed by atoms with Crippen LogP contribution in [0.3, 0.4) is 0 Å². The maximum atomic E-state index is 13.3. The van der Waals surface area contributed by atoms with Gasteiger partial charge in [-0.2, -0.15) is 0 Å². The molecule has 2 aliphatic carbocycles. The van der Waals surface area contributed by atoms with Crippen LogP contribution in [0.1, 0.15) is 88.3 Å². The van der Waals surface area contributed by atoms with Crippen molar-refractivity contribution in [2.45, 2.75) is 90.5 Å². The highest BCUT2D eigenvalue weighted by Gasteiger charge is 2.22. The van der Waals surface area contributed by atoms with E-state index in [-0.39, 0.29) is 17.9 Å². The summed E-state index contributed by atoms with van der Waals surface area (Å²) in [5.74, 6) is 7.41. The molecule has 0 saturated heterocycles. The Morgan fingerprint density at radius 3 is 2.78 bits per heavy atom. The van der Waals surface area contributed by atoms with Gasteiger partial charge in [-0.3, -0.25) is 4.79 Å². The van der Waals surface area contributed by atoms with Crippen molar-refractivity contribution in [1.82, 2.24) is 20.6 Å². The molecular weight excluding hydrogens is 504 g/mol. The highest BCUT2D eigenvalue weighted by molar-refractivity contribution is 5.79. The van der Waals surface area contributed by atoms with Crippen molar-refractivity contribution in [3.63, 3.8) is 0 Å². The topological polar surface area (TPSA) is 69.8 Å². The highest BCUT2D eigenvalue weighted by atomic mass is 16.1. The van der Waals surface area contributed by atoms with Gasteiger partial charge in [-0.1, -0.05) is 68.2 Å². The first-order chi connectivity index (χ1) is 20.0. The van der Waals surface area contributed by atoms with Crippen molar-refractivity contribution in [2.24, 2.45) is 5.92 Å². The first kappa shape index (κ1) is 30.2. The van der Waals surface area contributed by atoms with Crippen LogP contribution in [0.2, 0.25) is 0 Å². The number of H-pyrrole nitrogens is 1. The summed E-state index contributed by atoms with van der Waals surface area (Å²) < 4.78 is 0. The molecule has 0 spiro atoms. The molecule has 1 aromatic heterocycles. The van der Waals surface area contributed by atoms with Crippen molar-refractivity contribution in [3.8, 4) is 23.2 Å². The van der Waals surface area contributed by atoms with Crippen LogP contribution in [0, 0.1) is 17.8 Å². The normalized spacial score (nSPS) is 15.1. The molecule has 0 bridgehead atoms. The summed E-state index contributed by atoms with van der Waals surface area (Å²) in [6, 6.07) is 4.41. The predicted molar refractivity (Wildman–Crippen MR) is 170 cm³/mol. The largest absolute Gasteiger partial charge is 0.389 e. The Hall–Kier alpha value is -3.78. The number of benzene rings is 1. The van der Waals surface area contributed by atoms with E-state index in [2.05, 4.69) is 89.8 Å². The molecule has 0 radical (unpaired) electrons. The van der Waals surface area contributed by atoms with Crippen LogP contribution < -0.4 is 10.6 Å². The number of nitrogens with zero attached hydrogens (tertiary/aromatic N) is 1. The van der Waals surface area contributed by atoms with Crippen molar-refractivity contribution in [3.05, 3.63) is 89.4 Å². The fraction of sp³-hybridized carbons (Fsp3) is 0.444. The molecule has 2 aliphatic rings. The van der Waals surface area contributed by atoms with Crippen LogP contribution in [0.15, 0.2) is 72.8 Å². The number of carbonyl (C=O) groups is 1. The van der Waals surface area contributed by atoms with Crippen molar-refractivity contribution >= 4 is 5.91 Å². The molecule has 2 aromatic rings. The van der Waals surface area contributed by atoms with E-state index in [4.69, 9.17) is 0 Å². The second kappa shape index (κ2) is 15.3. The molecule has 2 unspecified atom stereocenters. The Labute approximate surface area is 246 Å². The second-order valence-corrected chi connectivity index (χ2v) is 11.2. The van der Waals surface area contributed by atoms with Gasteiger partial charge in [0, 0.05) is 54.1 Å². The summed E-state index contributed by atoms with van der Waals surface area (Å²) in [7, 11) is 0. The zero-order valence-corrected chi connectivity index (χ0v) is 25.0. The molecule has 0 fully saturated rings. The monoisotopic (exact) mass is 550 g/mol. The SMILES string of the molecule is C=C(CC(CC)C(=O)NC(CC)C(=C)CCc1cc2c(cc1-c1ncc[nH]1)CCC#C2)NCCCC1=CCCC=C1. The number of amides is 1. The van der Waals surface area contributed by atoms with E-state index < -0.39 is 0 Å². The third-order valence-corrected chi connectivity index (χ3v) is 8.20. The van der Waals surface area contributed by atoms with Gasteiger partial charge in [0.05, 0.1) is 0 Å². The lowest BCUT2D eigenvalue weighted by Crippen LogP contribution is -2.40. The van der Waals surface area contributed by atoms with Crippen molar-refractivity contribution in [1.29, 1.82) is 0 Å². The lowest BCUT2D eigenvalue weighted by molar-refractivity contribution is -0.125. The average molecular weight is 551 g/mol. The van der Waals surface area contributed by atoms with E-state index in [0.29, 0.717) is 6.42 Å². The van der Waals surface area contributed by atoms with E-state index in [1.54, 1.807) is 6.20 Å². The third-order valence-electron chi connectivity index (χ3n) is 8.20. The molecule has 1 amide bonds. The number of nitrogens with one attached hydrogen (secondary N) is 3. The number of aromatic amines is 1. The van der Waals surface area contributed by atoms with Crippen LogP contribution in [0.5, 0.6) is 0 Å². The minimum atomic E-state index is -0.106. The number of rotatable bonds is 16. The summed E-state index contributed by atoms with van der Waals surface area (Å²) in [5, 5.41) is 6.75. The molecule has 0 saturated carbocycles. The molecule has 5 nitrogen and oxygen atoms in total. The summed E-state index contributed by atoms with van der Waals surface area (Å²) in [5.41, 5.74) is 8.17. The van der Waals surface area contributed by atoms with Gasteiger partial charge in [0.2, 0.25) is 5.91 Å². The van der Waals surface area contributed by atoms with Gasteiger partial charge < -0.3 is 15.6 Å². The van der Waals surface area contributed by atoms with Gasteiger partial charge in [0.25, 0.3) is 0 Å². The standard InChI is InChI=1S/C36H46N4O/c1-5-29(23-27(4)37-20-12-15-28-13-8-7-9-14-28)36(41)40-34(6-2)26(3)18-19-32-24-30-16-10-11-17-31(30)25-33(32)35-38-21-22-39-35/h8,13-14,21-22,24-25,29,34,37H,3-7,9,11-12,15,17-20,23H2,1-2H3,(H,38,39)(H,40,41). The number of hydrogen-bond donors (Lipinski definition) is 3. The highest BCUT2D eigenvalue weighted by Crippen LogP contribution is 2.29. The van der Waals surface area contributed by atoms with Gasteiger partial charge in [0.15, 0.2) is 0 Å². The van der Waals surface area contributed by atoms with E-state index in [1.807, 2.05) is 6.20 Å². The molecule has 3 N–H and O–H groups in total. The summed E-state index contributed by atoms with van der Waals surface area (Å²) in [6.45, 7) is 13.7. The molecular formula is C36H46N4O. The maximum absolute atomic E-state index is 13.3. The number of aromatic nitrogens is 2. The fourth-order valence-electron chi connectivity index (χ4n) is 5.66. The first-order valence-corrected chi connectivity index (χ1v) is 15.4. The van der Waals surface area contributed by atoms with Crippen molar-refractivity contribution < 1.29 is 4.79 Å². The van der Waals surface area contributed by atoms with Gasteiger partial charge in [-0.05, 0) is 87.5 Å². The fourth-order valence-corrected chi connectivity index (χ4v) is 5.66. The lowest BCUT2D eigenvalue weighted by Gasteiger charge is -2.24. The Kier molecular flexibility index (Phi) is 11.3. The molecule has 5 heteroatoms. The average Bonchev–Trinajstić information content (AvgIpc) is 3.54. The molecule has 0 aliphatic heterocycles. The quantitative estimate of drug-likeness (QED) is 0.116. The first-order valence-electron chi connectivity index (χ1n) is 15.4.